The molecule has 202 valence electrons. The van der Waals surface area contributed by atoms with Crippen molar-refractivity contribution >= 4 is 25.8 Å². The average Bonchev–Trinajstić information content (AvgIpc) is 2.83. The summed E-state index contributed by atoms with van der Waals surface area (Å²) in [6.07, 6.45) is 1.63. The Morgan fingerprint density at radius 3 is 2.38 bits per heavy atom. The van der Waals surface area contributed by atoms with E-state index in [1.807, 2.05) is 38.1 Å². The number of hydrogen-bond acceptors (Lipinski definition) is 6. The number of piperidine rings is 1. The Bertz CT molecular complexity index is 1380. The van der Waals surface area contributed by atoms with Gasteiger partial charge in [-0.2, -0.15) is 4.31 Å². The molecule has 1 aliphatic heterocycles. The molecule has 1 saturated heterocycles. The number of rotatable bonds is 9. The van der Waals surface area contributed by atoms with Crippen LogP contribution in [-0.2, 0) is 24.7 Å². The molecule has 1 aliphatic rings. The highest BCUT2D eigenvalue weighted by Gasteiger charge is 2.45. The van der Waals surface area contributed by atoms with E-state index in [-0.39, 0.29) is 30.8 Å². The van der Waals surface area contributed by atoms with Gasteiger partial charge in [0.1, 0.15) is 5.75 Å². The Hall–Kier alpha value is -2.76. The monoisotopic (exact) mass is 552 g/mol. The summed E-state index contributed by atoms with van der Waals surface area (Å²) in [5.74, 6) is -0.353. The van der Waals surface area contributed by atoms with Crippen LogP contribution >= 0.6 is 0 Å². The summed E-state index contributed by atoms with van der Waals surface area (Å²) in [7, 11) is -7.40. The first-order chi connectivity index (χ1) is 17.3. The largest absolute Gasteiger partial charge is 0.494 e. The van der Waals surface area contributed by atoms with E-state index in [0.29, 0.717) is 17.9 Å². The smallest absolute Gasteiger partial charge is 0.258 e. The molecule has 3 rings (SSSR count). The van der Waals surface area contributed by atoms with Crippen LogP contribution in [0.2, 0.25) is 0 Å². The predicted octanol–water partition coefficient (Wildman–Crippen LogP) is 3.62. The number of aryl methyl sites for hydroxylation is 1. The van der Waals surface area contributed by atoms with Crippen LogP contribution in [0.4, 0.5) is 4.39 Å². The molecule has 8 nitrogen and oxygen atoms in total. The highest BCUT2D eigenvalue weighted by atomic mass is 32.2. The van der Waals surface area contributed by atoms with Crippen molar-refractivity contribution in [3.8, 4) is 16.9 Å². The molecule has 1 fully saturated rings. The standard InChI is InChI=1S/C26H33FN2O6S2/c1-5-35-21-10-11-24(23(18-21)22-9-7-6-8-19(22)2)37(33,34)29-15-13-26(27,14-16-29)25(30)28-20(3)12-17-36(4,31)32/h6-12,17-18,20H,5,13-16H2,1-4H3,(H,28,30)/b17-12-/t20-/m1/s1. The minimum Gasteiger partial charge on any atom is -0.494 e. The molecule has 11 heteroatoms. The number of nitrogens with zero attached hydrogens (tertiary/aromatic N) is 1. The van der Waals surface area contributed by atoms with Gasteiger partial charge in [-0.3, -0.25) is 4.79 Å². The molecule has 0 saturated carbocycles. The van der Waals surface area contributed by atoms with Crippen molar-refractivity contribution in [2.24, 2.45) is 0 Å². The summed E-state index contributed by atoms with van der Waals surface area (Å²) in [6, 6.07) is 11.5. The van der Waals surface area contributed by atoms with Gasteiger partial charge in [0, 0.05) is 49.2 Å². The molecule has 0 spiro atoms. The predicted molar refractivity (Wildman–Crippen MR) is 141 cm³/mol. The summed E-state index contributed by atoms with van der Waals surface area (Å²) in [4.78, 5) is 12.7. The second-order valence-electron chi connectivity index (χ2n) is 9.20. The first-order valence-electron chi connectivity index (χ1n) is 12.0. The van der Waals surface area contributed by atoms with Crippen LogP contribution in [0.15, 0.2) is 58.8 Å². The molecule has 1 atom stereocenters. The van der Waals surface area contributed by atoms with Crippen LogP contribution in [0.3, 0.4) is 0 Å². The van der Waals surface area contributed by atoms with Crippen molar-refractivity contribution in [3.05, 3.63) is 59.5 Å². The zero-order chi connectivity index (χ0) is 27.4. The molecule has 0 unspecified atom stereocenters. The maximum atomic E-state index is 15.5. The highest BCUT2D eigenvalue weighted by Crippen LogP contribution is 2.37. The van der Waals surface area contributed by atoms with Crippen molar-refractivity contribution in [1.29, 1.82) is 0 Å². The lowest BCUT2D eigenvalue weighted by Gasteiger charge is -2.35. The lowest BCUT2D eigenvalue weighted by atomic mass is 9.93. The third-order valence-corrected chi connectivity index (χ3v) is 8.82. The second kappa shape index (κ2) is 11.3. The minimum absolute atomic E-state index is 0.0839. The van der Waals surface area contributed by atoms with E-state index in [9.17, 15) is 21.6 Å². The van der Waals surface area contributed by atoms with Gasteiger partial charge in [0.2, 0.25) is 10.0 Å². The van der Waals surface area contributed by atoms with Gasteiger partial charge < -0.3 is 10.1 Å². The zero-order valence-corrected chi connectivity index (χ0v) is 23.0. The molecule has 0 aliphatic carbocycles. The molecular weight excluding hydrogens is 519 g/mol. The number of amides is 1. The summed E-state index contributed by atoms with van der Waals surface area (Å²) in [5, 5.41) is 3.40. The zero-order valence-electron chi connectivity index (χ0n) is 21.4. The lowest BCUT2D eigenvalue weighted by molar-refractivity contribution is -0.135. The van der Waals surface area contributed by atoms with E-state index >= 15 is 4.39 Å². The molecule has 1 N–H and O–H groups in total. The first-order valence-corrected chi connectivity index (χ1v) is 15.4. The topological polar surface area (TPSA) is 110 Å². The number of carbonyl (C=O) groups excluding carboxylic acids is 1. The van der Waals surface area contributed by atoms with Gasteiger partial charge in [-0.25, -0.2) is 21.2 Å². The Labute approximate surface area is 218 Å². The Balaban J connectivity index is 1.83. The number of sulfone groups is 1. The van der Waals surface area contributed by atoms with E-state index in [1.165, 1.54) is 23.4 Å². The van der Waals surface area contributed by atoms with Crippen LogP contribution in [0, 0.1) is 6.92 Å². The molecule has 2 aromatic rings. The van der Waals surface area contributed by atoms with Crippen LogP contribution in [-0.4, -0.2) is 64.7 Å². The van der Waals surface area contributed by atoms with Crippen molar-refractivity contribution in [1.82, 2.24) is 9.62 Å². The first kappa shape index (κ1) is 28.8. The fourth-order valence-corrected chi connectivity index (χ4v) is 6.32. The Kier molecular flexibility index (Phi) is 8.81. The number of halogens is 1. The van der Waals surface area contributed by atoms with Crippen LogP contribution < -0.4 is 10.1 Å². The van der Waals surface area contributed by atoms with Gasteiger partial charge in [0.15, 0.2) is 15.5 Å². The fourth-order valence-electron chi connectivity index (χ4n) is 4.17. The number of alkyl halides is 1. The SMILES string of the molecule is CCOc1ccc(S(=O)(=O)N2CCC(F)(C(=O)N[C@H](C)/C=C\S(C)(=O)=O)CC2)c(-c2ccccc2C)c1. The number of ether oxygens (including phenoxy) is 1. The van der Waals surface area contributed by atoms with Gasteiger partial charge >= 0.3 is 0 Å². The fraction of sp³-hybridized carbons (Fsp3) is 0.423. The number of benzene rings is 2. The highest BCUT2D eigenvalue weighted by molar-refractivity contribution is 7.93. The third-order valence-electron chi connectivity index (χ3n) is 6.21. The molecule has 1 amide bonds. The number of carbonyl (C=O) groups is 1. The molecule has 0 radical (unpaired) electrons. The molecule has 0 aromatic heterocycles. The van der Waals surface area contributed by atoms with Crippen LogP contribution in [0.25, 0.3) is 11.1 Å². The molecule has 1 heterocycles. The van der Waals surface area contributed by atoms with E-state index in [1.54, 1.807) is 12.1 Å². The normalized spacial score (nSPS) is 17.4. The molecule has 0 bridgehead atoms. The third kappa shape index (κ3) is 6.97. The summed E-state index contributed by atoms with van der Waals surface area (Å²) >= 11 is 0. The quantitative estimate of drug-likeness (QED) is 0.509. The van der Waals surface area contributed by atoms with Crippen molar-refractivity contribution in [3.63, 3.8) is 0 Å². The maximum absolute atomic E-state index is 15.5. The van der Waals surface area contributed by atoms with E-state index in [0.717, 1.165) is 22.8 Å². The molecule has 2 aromatic carbocycles. The minimum atomic E-state index is -4.01. The second-order valence-corrected chi connectivity index (χ2v) is 13.0. The van der Waals surface area contributed by atoms with Gasteiger partial charge in [-0.1, -0.05) is 30.3 Å². The van der Waals surface area contributed by atoms with Gasteiger partial charge in [-0.05, 0) is 50.1 Å². The van der Waals surface area contributed by atoms with Crippen LogP contribution in [0.5, 0.6) is 5.75 Å². The van der Waals surface area contributed by atoms with Gasteiger partial charge in [0.05, 0.1) is 11.5 Å². The van der Waals surface area contributed by atoms with E-state index in [4.69, 9.17) is 4.74 Å². The number of nitrogens with one attached hydrogen (secondary N) is 1. The summed E-state index contributed by atoms with van der Waals surface area (Å²) < 4.78 is 72.2. The Morgan fingerprint density at radius 2 is 1.78 bits per heavy atom. The molecular formula is C26H33FN2O6S2. The summed E-state index contributed by atoms with van der Waals surface area (Å²) in [5.41, 5.74) is -0.137. The van der Waals surface area contributed by atoms with Crippen molar-refractivity contribution in [2.75, 3.05) is 26.0 Å². The maximum Gasteiger partial charge on any atom is 0.258 e. The van der Waals surface area contributed by atoms with Gasteiger partial charge in [0.25, 0.3) is 5.91 Å². The number of sulfonamides is 1. The van der Waals surface area contributed by atoms with Crippen molar-refractivity contribution < 1.29 is 30.8 Å². The van der Waals surface area contributed by atoms with Crippen LogP contribution in [0.1, 0.15) is 32.3 Å². The van der Waals surface area contributed by atoms with E-state index < -0.39 is 37.5 Å². The Morgan fingerprint density at radius 1 is 1.14 bits per heavy atom. The summed E-state index contributed by atoms with van der Waals surface area (Å²) in [6.45, 7) is 5.33. The van der Waals surface area contributed by atoms with Gasteiger partial charge in [-0.15, -0.1) is 0 Å². The molecule has 37 heavy (non-hydrogen) atoms. The average molecular weight is 553 g/mol. The number of hydrogen-bond donors (Lipinski definition) is 1. The lowest BCUT2D eigenvalue weighted by Crippen LogP contribution is -2.53. The van der Waals surface area contributed by atoms with Crippen molar-refractivity contribution in [2.45, 2.75) is 50.2 Å². The van der Waals surface area contributed by atoms with E-state index in [2.05, 4.69) is 5.32 Å².